The van der Waals surface area contributed by atoms with Crippen molar-refractivity contribution in [2.75, 3.05) is 0 Å². The molecule has 1 rings (SSSR count). The summed E-state index contributed by atoms with van der Waals surface area (Å²) in [4.78, 5) is 10.3. The molecule has 0 amide bonds. The Morgan fingerprint density at radius 2 is 2.00 bits per heavy atom. The summed E-state index contributed by atoms with van der Waals surface area (Å²) < 4.78 is 0. The van der Waals surface area contributed by atoms with E-state index in [0.29, 0.717) is 5.01 Å². The first-order valence-corrected chi connectivity index (χ1v) is 4.15. The molecule has 0 fully saturated rings. The van der Waals surface area contributed by atoms with E-state index < -0.39 is 0 Å². The number of hydrogen-bond acceptors (Lipinski definition) is 4. The van der Waals surface area contributed by atoms with Crippen LogP contribution in [0.4, 0.5) is 0 Å². The zero-order valence-corrected chi connectivity index (χ0v) is 7.60. The number of aldehydes is 1. The molecule has 1 heterocycles. The van der Waals surface area contributed by atoms with Gasteiger partial charge in [0.2, 0.25) is 0 Å². The highest BCUT2D eigenvalue weighted by Gasteiger charge is 2.18. The fraction of sp³-hybridized carbons (Fsp3) is 0.571. The van der Waals surface area contributed by atoms with Crippen molar-refractivity contribution in [3.05, 3.63) is 10.0 Å². The van der Waals surface area contributed by atoms with Gasteiger partial charge in [-0.1, -0.05) is 32.1 Å². The zero-order valence-electron chi connectivity index (χ0n) is 6.79. The van der Waals surface area contributed by atoms with Crippen molar-refractivity contribution < 1.29 is 4.79 Å². The van der Waals surface area contributed by atoms with Crippen LogP contribution in [0.1, 0.15) is 35.6 Å². The number of nitrogens with zero attached hydrogens (tertiary/aromatic N) is 2. The van der Waals surface area contributed by atoms with Gasteiger partial charge in [0.15, 0.2) is 11.3 Å². The summed E-state index contributed by atoms with van der Waals surface area (Å²) in [7, 11) is 0. The molecule has 0 aliphatic carbocycles. The summed E-state index contributed by atoms with van der Waals surface area (Å²) in [5.41, 5.74) is -0.00106. The van der Waals surface area contributed by atoms with Gasteiger partial charge in [0.25, 0.3) is 0 Å². The van der Waals surface area contributed by atoms with Crippen molar-refractivity contribution in [3.63, 3.8) is 0 Å². The van der Waals surface area contributed by atoms with Crippen molar-refractivity contribution in [2.24, 2.45) is 0 Å². The lowest BCUT2D eigenvalue weighted by molar-refractivity contribution is 0.112. The minimum atomic E-state index is -0.00106. The van der Waals surface area contributed by atoms with Crippen molar-refractivity contribution in [3.8, 4) is 0 Å². The Morgan fingerprint density at radius 3 is 2.27 bits per heavy atom. The van der Waals surface area contributed by atoms with Gasteiger partial charge in [-0.2, -0.15) is 0 Å². The number of carbonyl (C=O) groups excluding carboxylic acids is 1. The first-order valence-electron chi connectivity index (χ1n) is 3.33. The van der Waals surface area contributed by atoms with Gasteiger partial charge in [0.05, 0.1) is 0 Å². The van der Waals surface area contributed by atoms with Crippen LogP contribution in [0, 0.1) is 0 Å². The minimum absolute atomic E-state index is 0.00106. The predicted octanol–water partition coefficient (Wildman–Crippen LogP) is 1.65. The molecule has 1 aromatic heterocycles. The van der Waals surface area contributed by atoms with E-state index in [0.717, 1.165) is 11.3 Å². The Balaban J connectivity index is 2.98. The zero-order chi connectivity index (χ0) is 8.48. The molecule has 0 aliphatic rings. The van der Waals surface area contributed by atoms with Crippen LogP contribution in [0.15, 0.2) is 0 Å². The maximum Gasteiger partial charge on any atom is 0.180 e. The Bertz CT molecular complexity index is 262. The van der Waals surface area contributed by atoms with Crippen molar-refractivity contribution >= 4 is 17.6 Å². The van der Waals surface area contributed by atoms with Crippen molar-refractivity contribution in [1.29, 1.82) is 0 Å². The molecular weight excluding hydrogens is 160 g/mol. The first-order chi connectivity index (χ1) is 5.04. The molecule has 0 radical (unpaired) electrons. The van der Waals surface area contributed by atoms with E-state index in [9.17, 15) is 4.79 Å². The third-order valence-electron chi connectivity index (χ3n) is 1.18. The highest BCUT2D eigenvalue weighted by Crippen LogP contribution is 2.24. The Labute approximate surface area is 69.5 Å². The Hall–Kier alpha value is -0.770. The van der Waals surface area contributed by atoms with E-state index in [1.165, 1.54) is 11.3 Å². The number of hydrogen-bond donors (Lipinski definition) is 0. The van der Waals surface area contributed by atoms with Crippen LogP contribution in [0.2, 0.25) is 0 Å². The molecule has 1 aromatic rings. The van der Waals surface area contributed by atoms with Gasteiger partial charge in [-0.25, -0.2) is 0 Å². The second kappa shape index (κ2) is 2.70. The van der Waals surface area contributed by atoms with E-state index >= 15 is 0 Å². The lowest BCUT2D eigenvalue weighted by Gasteiger charge is -2.11. The Morgan fingerprint density at radius 1 is 1.36 bits per heavy atom. The topological polar surface area (TPSA) is 42.9 Å². The fourth-order valence-corrected chi connectivity index (χ4v) is 1.30. The molecule has 0 saturated heterocycles. The van der Waals surface area contributed by atoms with Gasteiger partial charge >= 0.3 is 0 Å². The third-order valence-corrected chi connectivity index (χ3v) is 2.46. The average molecular weight is 170 g/mol. The molecule has 0 unspecified atom stereocenters. The van der Waals surface area contributed by atoms with Crippen LogP contribution in [0.5, 0.6) is 0 Å². The van der Waals surface area contributed by atoms with Crippen LogP contribution >= 0.6 is 11.3 Å². The molecule has 0 N–H and O–H groups in total. The van der Waals surface area contributed by atoms with Crippen molar-refractivity contribution in [2.45, 2.75) is 26.2 Å². The lowest BCUT2D eigenvalue weighted by Crippen LogP contribution is -2.10. The second-order valence-electron chi connectivity index (χ2n) is 3.31. The lowest BCUT2D eigenvalue weighted by atomic mass is 9.98. The normalized spacial score (nSPS) is 11.5. The SMILES string of the molecule is CC(C)(C)c1nnc(C=O)s1. The highest BCUT2D eigenvalue weighted by molar-refractivity contribution is 7.13. The third kappa shape index (κ3) is 1.83. The first kappa shape index (κ1) is 8.33. The molecular formula is C7H10N2OS. The number of carbonyl (C=O) groups is 1. The van der Waals surface area contributed by atoms with Crippen LogP contribution in [0.3, 0.4) is 0 Å². The standard InChI is InChI=1S/C7H10N2OS/c1-7(2,3)6-9-8-5(4-10)11-6/h4H,1-3H3. The molecule has 60 valence electrons. The summed E-state index contributed by atoms with van der Waals surface area (Å²) in [5.74, 6) is 0. The molecule has 0 saturated carbocycles. The summed E-state index contributed by atoms with van der Waals surface area (Å²) in [6.07, 6.45) is 0.729. The quantitative estimate of drug-likeness (QED) is 0.602. The highest BCUT2D eigenvalue weighted by atomic mass is 32.1. The van der Waals surface area contributed by atoms with Gasteiger partial charge in [0, 0.05) is 5.41 Å². The van der Waals surface area contributed by atoms with Crippen LogP contribution in [0.25, 0.3) is 0 Å². The van der Waals surface area contributed by atoms with E-state index in [4.69, 9.17) is 0 Å². The summed E-state index contributed by atoms with van der Waals surface area (Å²) in [5, 5.41) is 8.95. The van der Waals surface area contributed by atoms with Gasteiger partial charge < -0.3 is 0 Å². The van der Waals surface area contributed by atoms with Gasteiger partial charge in [-0.15, -0.1) is 10.2 Å². The fourth-order valence-electron chi connectivity index (χ4n) is 0.585. The molecule has 0 spiro atoms. The Kier molecular flexibility index (Phi) is 2.04. The van der Waals surface area contributed by atoms with Crippen LogP contribution < -0.4 is 0 Å². The van der Waals surface area contributed by atoms with Gasteiger partial charge in [0.1, 0.15) is 5.01 Å². The summed E-state index contributed by atoms with van der Waals surface area (Å²) in [6, 6.07) is 0. The maximum atomic E-state index is 10.3. The molecule has 0 bridgehead atoms. The monoisotopic (exact) mass is 170 g/mol. The molecule has 11 heavy (non-hydrogen) atoms. The molecule has 0 atom stereocenters. The average Bonchev–Trinajstić information content (AvgIpc) is 2.32. The second-order valence-corrected chi connectivity index (χ2v) is 4.32. The molecule has 0 aliphatic heterocycles. The molecule has 3 nitrogen and oxygen atoms in total. The van der Waals surface area contributed by atoms with E-state index in [2.05, 4.69) is 10.2 Å². The summed E-state index contributed by atoms with van der Waals surface area (Å²) >= 11 is 1.35. The van der Waals surface area contributed by atoms with Crippen LogP contribution in [-0.2, 0) is 5.41 Å². The maximum absolute atomic E-state index is 10.3. The number of aromatic nitrogens is 2. The predicted molar refractivity (Wildman–Crippen MR) is 44.0 cm³/mol. The van der Waals surface area contributed by atoms with Crippen LogP contribution in [-0.4, -0.2) is 16.5 Å². The largest absolute Gasteiger partial charge is 0.295 e. The minimum Gasteiger partial charge on any atom is -0.295 e. The van der Waals surface area contributed by atoms with Crippen molar-refractivity contribution in [1.82, 2.24) is 10.2 Å². The van der Waals surface area contributed by atoms with E-state index in [-0.39, 0.29) is 5.41 Å². The smallest absolute Gasteiger partial charge is 0.180 e. The van der Waals surface area contributed by atoms with E-state index in [1.807, 2.05) is 20.8 Å². The van der Waals surface area contributed by atoms with Gasteiger partial charge in [-0.3, -0.25) is 4.79 Å². The molecule has 4 heteroatoms. The summed E-state index contributed by atoms with van der Waals surface area (Å²) in [6.45, 7) is 6.13. The van der Waals surface area contributed by atoms with E-state index in [1.54, 1.807) is 0 Å². The number of rotatable bonds is 1. The molecule has 0 aromatic carbocycles. The van der Waals surface area contributed by atoms with Gasteiger partial charge in [-0.05, 0) is 0 Å².